The average Bonchev–Trinajstić information content (AvgIpc) is 2.52. The fourth-order valence-corrected chi connectivity index (χ4v) is 2.43. The van der Waals surface area contributed by atoms with E-state index in [1.54, 1.807) is 25.6 Å². The molecule has 2 aromatic heterocycles. The van der Waals surface area contributed by atoms with Crippen LogP contribution in [0.25, 0.3) is 11.0 Å². The normalized spacial score (nSPS) is 10.7. The Balaban J connectivity index is 2.77. The fourth-order valence-electron chi connectivity index (χ4n) is 1.49. The monoisotopic (exact) mass is 224 g/mol. The summed E-state index contributed by atoms with van der Waals surface area (Å²) >= 11 is 1.68. The van der Waals surface area contributed by atoms with Crippen LogP contribution in [0, 0.1) is 13.8 Å². The molecule has 0 N–H and O–H groups in total. The molecule has 0 spiro atoms. The van der Waals surface area contributed by atoms with E-state index >= 15 is 0 Å². The molecule has 0 radical (unpaired) electrons. The molecule has 2 heterocycles. The van der Waals surface area contributed by atoms with Gasteiger partial charge in [-0.2, -0.15) is 0 Å². The van der Waals surface area contributed by atoms with Gasteiger partial charge in [-0.3, -0.25) is 0 Å². The summed E-state index contributed by atoms with van der Waals surface area (Å²) in [4.78, 5) is 11.1. The summed E-state index contributed by atoms with van der Waals surface area (Å²) in [6.07, 6.45) is 0. The minimum atomic E-state index is 0.436. The summed E-state index contributed by atoms with van der Waals surface area (Å²) in [6.45, 7) is 4.06. The molecule has 0 saturated carbocycles. The van der Waals surface area contributed by atoms with Crippen molar-refractivity contribution < 1.29 is 9.47 Å². The first-order chi connectivity index (χ1) is 7.17. The van der Waals surface area contributed by atoms with Gasteiger partial charge >= 0.3 is 0 Å². The lowest BCUT2D eigenvalue weighted by atomic mass is 10.3. The molecule has 0 bridgehead atoms. The Labute approximate surface area is 91.9 Å². The second kappa shape index (κ2) is 3.66. The third-order valence-corrected chi connectivity index (χ3v) is 3.19. The Morgan fingerprint density at radius 2 is 1.27 bits per heavy atom. The summed E-state index contributed by atoms with van der Waals surface area (Å²) in [7, 11) is 3.12. The minimum Gasteiger partial charge on any atom is -0.477 e. The van der Waals surface area contributed by atoms with Gasteiger partial charge in [-0.1, -0.05) is 0 Å². The zero-order valence-electron chi connectivity index (χ0n) is 9.12. The van der Waals surface area contributed by atoms with Gasteiger partial charge in [0.15, 0.2) is 0 Å². The summed E-state index contributed by atoms with van der Waals surface area (Å²) in [5.41, 5.74) is 1.80. The summed E-state index contributed by atoms with van der Waals surface area (Å²) in [6, 6.07) is 0. The second-order valence-corrected chi connectivity index (χ2v) is 4.58. The van der Waals surface area contributed by atoms with Crippen molar-refractivity contribution in [3.63, 3.8) is 0 Å². The standard InChI is InChI=1S/C10H12N2O2S/c1-5-7-8(6(2)15-5)12-10(14-4)9(11-7)13-3/h1-4H3. The summed E-state index contributed by atoms with van der Waals surface area (Å²) in [5, 5.41) is 0. The summed E-state index contributed by atoms with van der Waals surface area (Å²) < 4.78 is 10.2. The second-order valence-electron chi connectivity index (χ2n) is 3.15. The van der Waals surface area contributed by atoms with Gasteiger partial charge < -0.3 is 9.47 Å². The van der Waals surface area contributed by atoms with Crippen LogP contribution in [0.4, 0.5) is 0 Å². The van der Waals surface area contributed by atoms with Gasteiger partial charge in [0, 0.05) is 9.75 Å². The largest absolute Gasteiger partial charge is 0.477 e. The number of aryl methyl sites for hydroxylation is 2. The smallest absolute Gasteiger partial charge is 0.278 e. The van der Waals surface area contributed by atoms with Crippen LogP contribution in [0.2, 0.25) is 0 Å². The molecule has 0 saturated heterocycles. The van der Waals surface area contributed by atoms with E-state index in [-0.39, 0.29) is 0 Å². The number of aromatic nitrogens is 2. The van der Waals surface area contributed by atoms with Gasteiger partial charge in [0.1, 0.15) is 11.0 Å². The highest BCUT2D eigenvalue weighted by Gasteiger charge is 2.14. The Morgan fingerprint density at radius 1 is 0.867 bits per heavy atom. The molecule has 2 aromatic rings. The molecular formula is C10H12N2O2S. The number of nitrogens with zero attached hydrogens (tertiary/aromatic N) is 2. The Kier molecular flexibility index (Phi) is 2.48. The fraction of sp³-hybridized carbons (Fsp3) is 0.400. The number of thiophene rings is 1. The van der Waals surface area contributed by atoms with Crippen LogP contribution in [0.1, 0.15) is 9.75 Å². The lowest BCUT2D eigenvalue weighted by Crippen LogP contribution is -1.96. The molecule has 80 valence electrons. The Morgan fingerprint density at radius 3 is 1.60 bits per heavy atom. The minimum absolute atomic E-state index is 0.436. The highest BCUT2D eigenvalue weighted by molar-refractivity contribution is 7.13. The van der Waals surface area contributed by atoms with E-state index in [9.17, 15) is 0 Å². The van der Waals surface area contributed by atoms with Crippen LogP contribution in [-0.2, 0) is 0 Å². The van der Waals surface area contributed by atoms with Crippen LogP contribution in [0.5, 0.6) is 11.8 Å². The average molecular weight is 224 g/mol. The molecule has 0 amide bonds. The van der Waals surface area contributed by atoms with E-state index in [0.29, 0.717) is 11.8 Å². The third-order valence-electron chi connectivity index (χ3n) is 2.19. The maximum Gasteiger partial charge on any atom is 0.278 e. The molecule has 4 nitrogen and oxygen atoms in total. The molecule has 0 aliphatic rings. The molecule has 15 heavy (non-hydrogen) atoms. The van der Waals surface area contributed by atoms with Crippen molar-refractivity contribution in [1.29, 1.82) is 0 Å². The molecule has 2 rings (SSSR count). The zero-order valence-corrected chi connectivity index (χ0v) is 9.94. The van der Waals surface area contributed by atoms with E-state index in [0.717, 1.165) is 20.8 Å². The molecule has 0 aliphatic carbocycles. The van der Waals surface area contributed by atoms with Crippen molar-refractivity contribution in [2.45, 2.75) is 13.8 Å². The summed E-state index contributed by atoms with van der Waals surface area (Å²) in [5.74, 6) is 0.872. The van der Waals surface area contributed by atoms with E-state index < -0.39 is 0 Å². The van der Waals surface area contributed by atoms with Crippen molar-refractivity contribution in [2.24, 2.45) is 0 Å². The van der Waals surface area contributed by atoms with Crippen LogP contribution in [0.15, 0.2) is 0 Å². The highest BCUT2D eigenvalue weighted by atomic mass is 32.1. The van der Waals surface area contributed by atoms with Gasteiger partial charge in [-0.15, -0.1) is 11.3 Å². The first-order valence-corrected chi connectivity index (χ1v) is 5.34. The number of fused-ring (bicyclic) bond motifs is 1. The number of ether oxygens (including phenoxy) is 2. The van der Waals surface area contributed by atoms with Crippen molar-refractivity contribution >= 4 is 22.4 Å². The first-order valence-electron chi connectivity index (χ1n) is 4.53. The van der Waals surface area contributed by atoms with Crippen molar-refractivity contribution in [1.82, 2.24) is 9.97 Å². The van der Waals surface area contributed by atoms with E-state index in [1.165, 1.54) is 0 Å². The highest BCUT2D eigenvalue weighted by Crippen LogP contribution is 2.32. The molecular weight excluding hydrogens is 212 g/mol. The van der Waals surface area contributed by atoms with Crippen molar-refractivity contribution in [3.05, 3.63) is 9.75 Å². The van der Waals surface area contributed by atoms with Crippen molar-refractivity contribution in [3.8, 4) is 11.8 Å². The lowest BCUT2D eigenvalue weighted by Gasteiger charge is -2.05. The van der Waals surface area contributed by atoms with Gasteiger partial charge in [0.25, 0.3) is 11.8 Å². The maximum atomic E-state index is 5.11. The van der Waals surface area contributed by atoms with Gasteiger partial charge in [0.05, 0.1) is 14.2 Å². The number of hydrogen-bond acceptors (Lipinski definition) is 5. The molecule has 0 aromatic carbocycles. The molecule has 0 aliphatic heterocycles. The Hall–Kier alpha value is -1.36. The first kappa shape index (κ1) is 10.2. The predicted molar refractivity (Wildman–Crippen MR) is 60.0 cm³/mol. The molecule has 0 unspecified atom stereocenters. The van der Waals surface area contributed by atoms with E-state index in [4.69, 9.17) is 9.47 Å². The van der Waals surface area contributed by atoms with E-state index in [2.05, 4.69) is 9.97 Å². The quantitative estimate of drug-likeness (QED) is 0.785. The van der Waals surface area contributed by atoms with Crippen LogP contribution in [0.3, 0.4) is 0 Å². The zero-order chi connectivity index (χ0) is 11.0. The van der Waals surface area contributed by atoms with Crippen LogP contribution in [-0.4, -0.2) is 24.2 Å². The lowest BCUT2D eigenvalue weighted by molar-refractivity contribution is 0.334. The molecule has 0 atom stereocenters. The molecule has 5 heteroatoms. The topological polar surface area (TPSA) is 44.2 Å². The predicted octanol–water partition coefficient (Wildman–Crippen LogP) is 2.33. The SMILES string of the molecule is COc1nc2c(C)sc(C)c2nc1OC. The van der Waals surface area contributed by atoms with E-state index in [1.807, 2.05) is 13.8 Å². The third kappa shape index (κ3) is 1.52. The van der Waals surface area contributed by atoms with Gasteiger partial charge in [-0.05, 0) is 13.8 Å². The Bertz CT molecular complexity index is 464. The maximum absolute atomic E-state index is 5.11. The van der Waals surface area contributed by atoms with Gasteiger partial charge in [-0.25, -0.2) is 9.97 Å². The van der Waals surface area contributed by atoms with Crippen LogP contribution < -0.4 is 9.47 Å². The number of methoxy groups -OCH3 is 2. The number of rotatable bonds is 2. The van der Waals surface area contributed by atoms with Crippen molar-refractivity contribution in [2.75, 3.05) is 14.2 Å². The van der Waals surface area contributed by atoms with Crippen LogP contribution >= 0.6 is 11.3 Å². The van der Waals surface area contributed by atoms with Gasteiger partial charge in [0.2, 0.25) is 0 Å². The molecule has 0 fully saturated rings. The number of hydrogen-bond donors (Lipinski definition) is 0.